The van der Waals surface area contributed by atoms with Gasteiger partial charge in [0.25, 0.3) is 0 Å². The van der Waals surface area contributed by atoms with Crippen LogP contribution in [0.5, 0.6) is 0 Å². The summed E-state index contributed by atoms with van der Waals surface area (Å²) in [7, 11) is 1.56. The Labute approximate surface area is 209 Å². The van der Waals surface area contributed by atoms with Crippen molar-refractivity contribution in [3.8, 4) is 0 Å². The van der Waals surface area contributed by atoms with Gasteiger partial charge in [0.1, 0.15) is 25.4 Å². The second kappa shape index (κ2) is 6.72. The lowest BCUT2D eigenvalue weighted by atomic mass is 9.37. The molecular weight excluding hydrogens is 466 g/mol. The quantitative estimate of drug-likeness (QED) is 0.345. The molecule has 1 aromatic rings. The van der Waals surface area contributed by atoms with E-state index in [1.165, 1.54) is 0 Å². The van der Waals surface area contributed by atoms with Gasteiger partial charge < -0.3 is 28.2 Å². The average Bonchev–Trinajstić information content (AvgIpc) is 3.31. The number of carbonyl (C=O) groups excluding carboxylic acids is 2. The van der Waals surface area contributed by atoms with Crippen LogP contribution >= 0.6 is 0 Å². The Bertz CT molecular complexity index is 1180. The van der Waals surface area contributed by atoms with Gasteiger partial charge in [-0.2, -0.15) is 0 Å². The van der Waals surface area contributed by atoms with Crippen molar-refractivity contribution in [1.29, 1.82) is 0 Å². The van der Waals surface area contributed by atoms with Crippen LogP contribution in [0.15, 0.2) is 28.2 Å². The summed E-state index contributed by atoms with van der Waals surface area (Å²) in [6.45, 7) is 8.86. The first-order valence-corrected chi connectivity index (χ1v) is 12.9. The molecule has 6 fully saturated rings. The van der Waals surface area contributed by atoms with Crippen LogP contribution in [-0.4, -0.2) is 54.8 Å². The summed E-state index contributed by atoms with van der Waals surface area (Å²) < 4.78 is 30.4. The Balaban J connectivity index is 1.44. The van der Waals surface area contributed by atoms with E-state index in [2.05, 4.69) is 32.9 Å². The first-order chi connectivity index (χ1) is 17.1. The van der Waals surface area contributed by atoms with E-state index in [1.54, 1.807) is 19.6 Å². The Morgan fingerprint density at radius 2 is 1.86 bits per heavy atom. The molecule has 5 heterocycles. The molecule has 9 atom stereocenters. The lowest BCUT2D eigenvalue weighted by molar-refractivity contribution is -0.209. The smallest absolute Gasteiger partial charge is 0.339 e. The molecule has 7 rings (SSSR count). The van der Waals surface area contributed by atoms with Gasteiger partial charge in [-0.15, -0.1) is 0 Å². The third kappa shape index (κ3) is 2.29. The van der Waals surface area contributed by atoms with Crippen LogP contribution in [0.25, 0.3) is 0 Å². The zero-order valence-corrected chi connectivity index (χ0v) is 21.4. The molecule has 2 saturated carbocycles. The molecule has 9 heteroatoms. The Kier molecular flexibility index (Phi) is 4.26. The van der Waals surface area contributed by atoms with Crippen LogP contribution in [0, 0.1) is 28.1 Å². The van der Waals surface area contributed by atoms with Gasteiger partial charge in [0, 0.05) is 27.7 Å². The number of ether oxygens (including phenoxy) is 4. The Hall–Kier alpha value is -2.39. The van der Waals surface area contributed by atoms with E-state index < -0.39 is 39.7 Å². The highest BCUT2D eigenvalue weighted by molar-refractivity contribution is 5.96. The van der Waals surface area contributed by atoms with E-state index in [0.717, 1.165) is 24.1 Å². The molecule has 194 valence electrons. The summed E-state index contributed by atoms with van der Waals surface area (Å²) in [6, 6.07) is 1.86. The maximum atomic E-state index is 13.3. The fraction of sp³-hybridized carbons (Fsp3) is 0.741. The summed E-state index contributed by atoms with van der Waals surface area (Å²) in [4.78, 5) is 31.2. The molecule has 0 unspecified atom stereocenters. The standard InChI is InChI=1S/C27H33NO8/c1-23(2)16-10-17(28-31-5)25(4)15(26(16)13-33-19(29)11-18(26)35-23)6-8-24(3)20(14-7-9-32-12-14)34-22(30)21-27(24,25)36-21/h7,9,12,15-16,18,20-21H,6,8,10-11,13H2,1-5H3/b28-17+/t15-,16-,18-,20-,21+,24-,25+,26+,27-/m0/s1. The number of rotatable bonds is 2. The van der Waals surface area contributed by atoms with Gasteiger partial charge in [-0.25, -0.2) is 4.79 Å². The number of cyclic esters (lactones) is 2. The number of oxime groups is 1. The van der Waals surface area contributed by atoms with Crippen molar-refractivity contribution in [2.75, 3.05) is 13.7 Å². The number of carbonyl (C=O) groups is 2. The highest BCUT2D eigenvalue weighted by Crippen LogP contribution is 2.79. The van der Waals surface area contributed by atoms with Gasteiger partial charge in [-0.1, -0.05) is 19.0 Å². The molecule has 0 bridgehead atoms. The van der Waals surface area contributed by atoms with Crippen molar-refractivity contribution in [1.82, 2.24) is 0 Å². The molecule has 0 amide bonds. The molecule has 9 nitrogen and oxygen atoms in total. The minimum atomic E-state index is -0.837. The maximum Gasteiger partial charge on any atom is 0.339 e. The van der Waals surface area contributed by atoms with Crippen LogP contribution in [0.4, 0.5) is 0 Å². The molecule has 1 aromatic heterocycles. The molecule has 0 radical (unpaired) electrons. The largest absolute Gasteiger partial charge is 0.472 e. The summed E-state index contributed by atoms with van der Waals surface area (Å²) in [6.07, 6.45) is 4.24. The molecule has 2 spiro atoms. The zero-order chi connectivity index (χ0) is 25.3. The monoisotopic (exact) mass is 499 g/mol. The predicted molar refractivity (Wildman–Crippen MR) is 124 cm³/mol. The van der Waals surface area contributed by atoms with Gasteiger partial charge in [-0.3, -0.25) is 4.79 Å². The van der Waals surface area contributed by atoms with E-state index in [9.17, 15) is 9.59 Å². The second-order valence-corrected chi connectivity index (χ2v) is 12.5. The van der Waals surface area contributed by atoms with Crippen LogP contribution in [0.2, 0.25) is 0 Å². The van der Waals surface area contributed by atoms with Crippen LogP contribution in [0.1, 0.15) is 65.0 Å². The van der Waals surface area contributed by atoms with Crippen molar-refractivity contribution in [2.24, 2.45) is 33.2 Å². The van der Waals surface area contributed by atoms with Gasteiger partial charge in [-0.05, 0) is 45.1 Å². The highest BCUT2D eigenvalue weighted by Gasteiger charge is 2.89. The fourth-order valence-corrected chi connectivity index (χ4v) is 9.60. The highest BCUT2D eigenvalue weighted by atomic mass is 16.7. The van der Waals surface area contributed by atoms with Crippen LogP contribution in [-0.2, 0) is 33.4 Å². The van der Waals surface area contributed by atoms with Gasteiger partial charge in [0.15, 0.2) is 6.10 Å². The number of esters is 2. The molecular formula is C27H33NO8. The summed E-state index contributed by atoms with van der Waals surface area (Å²) in [5.41, 5.74) is -1.18. The van der Waals surface area contributed by atoms with Crippen molar-refractivity contribution in [3.63, 3.8) is 0 Å². The topological polar surface area (TPSA) is 109 Å². The van der Waals surface area contributed by atoms with E-state index in [-0.39, 0.29) is 36.3 Å². The van der Waals surface area contributed by atoms with Crippen molar-refractivity contribution >= 4 is 17.7 Å². The summed E-state index contributed by atoms with van der Waals surface area (Å²) in [5, 5.41) is 4.62. The Morgan fingerprint density at radius 3 is 2.58 bits per heavy atom. The summed E-state index contributed by atoms with van der Waals surface area (Å²) >= 11 is 0. The number of furan rings is 1. The normalized spacial score (nSPS) is 51.1. The van der Waals surface area contributed by atoms with E-state index in [4.69, 9.17) is 28.2 Å². The van der Waals surface area contributed by atoms with Crippen molar-refractivity contribution in [2.45, 2.75) is 82.9 Å². The van der Waals surface area contributed by atoms with Crippen LogP contribution < -0.4 is 0 Å². The predicted octanol–water partition coefficient (Wildman–Crippen LogP) is 3.57. The number of hydrogen-bond donors (Lipinski definition) is 0. The van der Waals surface area contributed by atoms with E-state index in [1.807, 2.05) is 6.07 Å². The fourth-order valence-electron chi connectivity index (χ4n) is 9.60. The number of nitrogens with zero attached hydrogens (tertiary/aromatic N) is 1. The lowest BCUT2D eigenvalue weighted by Gasteiger charge is -2.65. The first kappa shape index (κ1) is 22.8. The lowest BCUT2D eigenvalue weighted by Crippen LogP contribution is -2.72. The molecule has 0 N–H and O–H groups in total. The number of fused-ring (bicyclic) bond motifs is 1. The van der Waals surface area contributed by atoms with E-state index >= 15 is 0 Å². The zero-order valence-electron chi connectivity index (χ0n) is 21.4. The van der Waals surface area contributed by atoms with Gasteiger partial charge in [0.2, 0.25) is 0 Å². The van der Waals surface area contributed by atoms with Gasteiger partial charge >= 0.3 is 11.9 Å². The average molecular weight is 500 g/mol. The SMILES string of the molecule is CO/N=C1\C[C@H]2C(C)(C)O[C@H]3CC(=O)OC[C@]32[C@H]2CC[C@@]3(C)[C@H](c4ccoc4)OC(=O)[C@H]4O[C@@]43[C@@]12C. The third-order valence-corrected chi connectivity index (χ3v) is 11.0. The molecule has 4 saturated heterocycles. The van der Waals surface area contributed by atoms with Gasteiger partial charge in [0.05, 0.1) is 36.4 Å². The molecule has 6 aliphatic rings. The minimum Gasteiger partial charge on any atom is -0.472 e. The first-order valence-electron chi connectivity index (χ1n) is 12.9. The van der Waals surface area contributed by atoms with Crippen molar-refractivity contribution in [3.05, 3.63) is 24.2 Å². The minimum absolute atomic E-state index is 0.00602. The Morgan fingerprint density at radius 1 is 1.06 bits per heavy atom. The maximum absolute atomic E-state index is 13.3. The van der Waals surface area contributed by atoms with Crippen molar-refractivity contribution < 1.29 is 37.8 Å². The second-order valence-electron chi connectivity index (χ2n) is 12.5. The molecule has 4 aliphatic heterocycles. The molecule has 2 aliphatic carbocycles. The van der Waals surface area contributed by atoms with E-state index in [0.29, 0.717) is 13.0 Å². The third-order valence-electron chi connectivity index (χ3n) is 11.0. The van der Waals surface area contributed by atoms with Crippen LogP contribution in [0.3, 0.4) is 0 Å². The summed E-state index contributed by atoms with van der Waals surface area (Å²) in [5.74, 6) is -0.493. The molecule has 36 heavy (non-hydrogen) atoms. The number of epoxide rings is 1. The molecule has 0 aromatic carbocycles. The number of hydrogen-bond acceptors (Lipinski definition) is 9.